The van der Waals surface area contributed by atoms with Gasteiger partial charge in [0.15, 0.2) is 0 Å². The summed E-state index contributed by atoms with van der Waals surface area (Å²) in [4.78, 5) is 12.8. The highest BCUT2D eigenvalue weighted by atomic mass is 16.4. The molecule has 4 heteroatoms. The van der Waals surface area contributed by atoms with Crippen LogP contribution in [0.4, 0.5) is 0 Å². The van der Waals surface area contributed by atoms with Crippen molar-refractivity contribution >= 4 is 5.97 Å². The topological polar surface area (TPSA) is 52.6 Å². The second kappa shape index (κ2) is 37.4. The monoisotopic (exact) mass is 555 g/mol. The number of carboxylic acids is 1. The third kappa shape index (κ3) is 39.6. The Bertz CT molecular complexity index is 440. The summed E-state index contributed by atoms with van der Waals surface area (Å²) in [5.41, 5.74) is 0. The SMILES string of the molecule is CCCCCCCCCCCCCCCCCC(=O)O.CCCCCCCCCCNCCCN(CC)CC. The van der Waals surface area contributed by atoms with Crippen molar-refractivity contribution in [2.75, 3.05) is 32.7 Å². The molecule has 0 spiro atoms. The van der Waals surface area contributed by atoms with Gasteiger partial charge in [0.2, 0.25) is 0 Å². The number of rotatable bonds is 31. The molecular formula is C35H74N2O2. The van der Waals surface area contributed by atoms with E-state index in [1.54, 1.807) is 0 Å². The van der Waals surface area contributed by atoms with Crippen LogP contribution in [-0.2, 0) is 4.79 Å². The Morgan fingerprint density at radius 2 is 0.821 bits per heavy atom. The van der Waals surface area contributed by atoms with E-state index >= 15 is 0 Å². The van der Waals surface area contributed by atoms with Crippen LogP contribution in [0, 0.1) is 0 Å². The number of unbranched alkanes of at least 4 members (excludes halogenated alkanes) is 21. The molecule has 0 heterocycles. The van der Waals surface area contributed by atoms with Crippen molar-refractivity contribution in [3.05, 3.63) is 0 Å². The second-order valence-corrected chi connectivity index (χ2v) is 11.7. The van der Waals surface area contributed by atoms with E-state index in [1.165, 1.54) is 174 Å². The highest BCUT2D eigenvalue weighted by Gasteiger charge is 1.98. The molecule has 0 aliphatic rings. The van der Waals surface area contributed by atoms with E-state index in [0.717, 1.165) is 12.8 Å². The van der Waals surface area contributed by atoms with Crippen molar-refractivity contribution in [2.45, 2.75) is 188 Å². The predicted molar refractivity (Wildman–Crippen MR) is 175 cm³/mol. The van der Waals surface area contributed by atoms with Crippen LogP contribution >= 0.6 is 0 Å². The van der Waals surface area contributed by atoms with Gasteiger partial charge < -0.3 is 15.3 Å². The highest BCUT2D eigenvalue weighted by molar-refractivity contribution is 5.66. The Morgan fingerprint density at radius 1 is 0.487 bits per heavy atom. The van der Waals surface area contributed by atoms with Gasteiger partial charge >= 0.3 is 5.97 Å². The van der Waals surface area contributed by atoms with Crippen molar-refractivity contribution in [3.8, 4) is 0 Å². The quantitative estimate of drug-likeness (QED) is 0.0837. The van der Waals surface area contributed by atoms with Crippen molar-refractivity contribution < 1.29 is 9.90 Å². The van der Waals surface area contributed by atoms with Crippen molar-refractivity contribution in [1.29, 1.82) is 0 Å². The third-order valence-corrected chi connectivity index (χ3v) is 7.92. The molecule has 0 aromatic heterocycles. The number of nitrogens with zero attached hydrogens (tertiary/aromatic N) is 1. The smallest absolute Gasteiger partial charge is 0.303 e. The molecule has 0 amide bonds. The van der Waals surface area contributed by atoms with E-state index in [2.05, 4.69) is 37.9 Å². The van der Waals surface area contributed by atoms with Crippen LogP contribution in [0.25, 0.3) is 0 Å². The summed E-state index contributed by atoms with van der Waals surface area (Å²) >= 11 is 0. The molecule has 0 aliphatic carbocycles. The summed E-state index contributed by atoms with van der Waals surface area (Å²) < 4.78 is 0. The number of carbonyl (C=O) groups is 1. The number of aliphatic carboxylic acids is 1. The first-order chi connectivity index (χ1) is 19.1. The predicted octanol–water partition coefficient (Wildman–Crippen LogP) is 10.8. The molecular weight excluding hydrogens is 480 g/mol. The van der Waals surface area contributed by atoms with E-state index in [1.807, 2.05) is 0 Å². The molecule has 39 heavy (non-hydrogen) atoms. The first-order valence-corrected chi connectivity index (χ1v) is 17.8. The lowest BCUT2D eigenvalue weighted by molar-refractivity contribution is -0.137. The zero-order valence-electron chi connectivity index (χ0n) is 27.5. The van der Waals surface area contributed by atoms with E-state index in [-0.39, 0.29) is 0 Å². The standard InChI is InChI=1S/C18H36O2.C17H38N2/c1-2-3-4-5-6-7-8-9-10-11-12-13-14-15-16-17-18(19)20;1-4-7-8-9-10-11-12-13-15-18-16-14-17-19(5-2)6-3/h2-17H2,1H3,(H,19,20);18H,4-17H2,1-3H3. The van der Waals surface area contributed by atoms with Crippen LogP contribution in [0.1, 0.15) is 188 Å². The number of nitrogens with one attached hydrogen (secondary N) is 1. The Kier molecular flexibility index (Phi) is 38.9. The highest BCUT2D eigenvalue weighted by Crippen LogP contribution is 2.13. The van der Waals surface area contributed by atoms with Crippen LogP contribution in [0.3, 0.4) is 0 Å². The van der Waals surface area contributed by atoms with Gasteiger partial charge in [-0.05, 0) is 52.0 Å². The third-order valence-electron chi connectivity index (χ3n) is 7.92. The fourth-order valence-corrected chi connectivity index (χ4v) is 5.12. The van der Waals surface area contributed by atoms with Gasteiger partial charge in [-0.2, -0.15) is 0 Å². The molecule has 0 aromatic rings. The summed E-state index contributed by atoms with van der Waals surface area (Å²) in [5.74, 6) is -0.653. The zero-order valence-corrected chi connectivity index (χ0v) is 27.5. The maximum Gasteiger partial charge on any atom is 0.303 e. The summed E-state index contributed by atoms with van der Waals surface area (Å²) in [6, 6.07) is 0. The molecule has 2 N–H and O–H groups in total. The van der Waals surface area contributed by atoms with Gasteiger partial charge in [0.25, 0.3) is 0 Å². The average molecular weight is 555 g/mol. The minimum absolute atomic E-state index is 0.345. The Morgan fingerprint density at radius 3 is 1.18 bits per heavy atom. The molecule has 0 fully saturated rings. The fourth-order valence-electron chi connectivity index (χ4n) is 5.12. The molecule has 0 radical (unpaired) electrons. The first kappa shape index (κ1) is 40.5. The largest absolute Gasteiger partial charge is 0.481 e. The van der Waals surface area contributed by atoms with Crippen molar-refractivity contribution in [2.24, 2.45) is 0 Å². The van der Waals surface area contributed by atoms with Crippen LogP contribution < -0.4 is 5.32 Å². The first-order valence-electron chi connectivity index (χ1n) is 17.8. The number of hydrogen-bond donors (Lipinski definition) is 2. The second-order valence-electron chi connectivity index (χ2n) is 11.7. The molecule has 0 saturated heterocycles. The van der Waals surface area contributed by atoms with Gasteiger partial charge in [0, 0.05) is 6.42 Å². The van der Waals surface area contributed by atoms with Gasteiger partial charge in [-0.25, -0.2) is 0 Å². The van der Waals surface area contributed by atoms with E-state index in [4.69, 9.17) is 5.11 Å². The molecule has 0 aromatic carbocycles. The summed E-state index contributed by atoms with van der Waals surface area (Å²) in [5, 5.41) is 12.1. The molecule has 236 valence electrons. The molecule has 0 rings (SSSR count). The molecule has 4 nitrogen and oxygen atoms in total. The molecule has 0 unspecified atom stereocenters. The molecule has 0 bridgehead atoms. The zero-order chi connectivity index (χ0) is 29.1. The molecule has 0 saturated carbocycles. The minimum Gasteiger partial charge on any atom is -0.481 e. The van der Waals surface area contributed by atoms with Gasteiger partial charge in [-0.1, -0.05) is 163 Å². The van der Waals surface area contributed by atoms with Crippen LogP contribution in [0.2, 0.25) is 0 Å². The van der Waals surface area contributed by atoms with Crippen LogP contribution in [0.5, 0.6) is 0 Å². The average Bonchev–Trinajstić information content (AvgIpc) is 2.94. The fraction of sp³-hybridized carbons (Fsp3) is 0.971. The summed E-state index contributed by atoms with van der Waals surface area (Å²) in [6.07, 6.45) is 32.8. The lowest BCUT2D eigenvalue weighted by Crippen LogP contribution is -2.27. The maximum atomic E-state index is 10.3. The summed E-state index contributed by atoms with van der Waals surface area (Å²) in [6.45, 7) is 15.1. The number of hydrogen-bond acceptors (Lipinski definition) is 3. The summed E-state index contributed by atoms with van der Waals surface area (Å²) in [7, 11) is 0. The van der Waals surface area contributed by atoms with Crippen LogP contribution in [-0.4, -0.2) is 48.7 Å². The van der Waals surface area contributed by atoms with E-state index < -0.39 is 5.97 Å². The van der Waals surface area contributed by atoms with E-state index in [9.17, 15) is 4.79 Å². The van der Waals surface area contributed by atoms with Crippen molar-refractivity contribution in [1.82, 2.24) is 10.2 Å². The molecule has 0 atom stereocenters. The maximum absolute atomic E-state index is 10.3. The van der Waals surface area contributed by atoms with Gasteiger partial charge in [-0.3, -0.25) is 4.79 Å². The Balaban J connectivity index is 0. The Labute approximate surface area is 246 Å². The van der Waals surface area contributed by atoms with Crippen molar-refractivity contribution in [3.63, 3.8) is 0 Å². The normalized spacial score (nSPS) is 11.1. The van der Waals surface area contributed by atoms with E-state index in [0.29, 0.717) is 6.42 Å². The number of carboxylic acid groups (broad SMARTS) is 1. The Hall–Kier alpha value is -0.610. The van der Waals surface area contributed by atoms with Gasteiger partial charge in [0.1, 0.15) is 0 Å². The molecule has 0 aliphatic heterocycles. The minimum atomic E-state index is -0.653. The van der Waals surface area contributed by atoms with Gasteiger partial charge in [0.05, 0.1) is 0 Å². The lowest BCUT2D eigenvalue weighted by Gasteiger charge is -2.17. The van der Waals surface area contributed by atoms with Crippen LogP contribution in [0.15, 0.2) is 0 Å². The lowest BCUT2D eigenvalue weighted by atomic mass is 10.0. The van der Waals surface area contributed by atoms with Gasteiger partial charge in [-0.15, -0.1) is 0 Å².